The van der Waals surface area contributed by atoms with Gasteiger partial charge in [0, 0.05) is 11.8 Å². The number of nitrogens with zero attached hydrogens (tertiary/aromatic N) is 1. The molecule has 1 aromatic heterocycles. The number of hydrogen-bond acceptors (Lipinski definition) is 6. The SMILES string of the molecule is CC(C)(C)OC(=O)Nc1c(C(C)(CCCC(C)(C)[Si](O)(c2ccccc2)c2ccccc2)NC(=O)OC(C)(C)C)ccnc1Cl. The summed E-state index contributed by atoms with van der Waals surface area (Å²) in [6.45, 7) is 16.8. The lowest BCUT2D eigenvalue weighted by atomic mass is 9.85. The predicted molar refractivity (Wildman–Crippen MR) is 184 cm³/mol. The van der Waals surface area contributed by atoms with Crippen LogP contribution in [0.2, 0.25) is 10.2 Å². The highest BCUT2D eigenvalue weighted by molar-refractivity contribution is 6.98. The van der Waals surface area contributed by atoms with Gasteiger partial charge in [0.2, 0.25) is 0 Å². The van der Waals surface area contributed by atoms with Crippen molar-refractivity contribution in [3.05, 3.63) is 83.6 Å². The number of aromatic nitrogens is 1. The quantitative estimate of drug-likeness (QED) is 0.154. The molecule has 1 atom stereocenters. The van der Waals surface area contributed by atoms with E-state index in [1.54, 1.807) is 47.6 Å². The maximum absolute atomic E-state index is 13.2. The Morgan fingerprint density at radius 1 is 0.778 bits per heavy atom. The summed E-state index contributed by atoms with van der Waals surface area (Å²) in [6, 6.07) is 21.5. The molecule has 0 saturated carbocycles. The van der Waals surface area contributed by atoms with E-state index in [4.69, 9.17) is 21.1 Å². The fraction of sp³-hybridized carbons (Fsp3) is 0.457. The molecule has 1 unspecified atom stereocenters. The lowest BCUT2D eigenvalue weighted by Crippen LogP contribution is -2.65. The molecule has 2 aromatic carbocycles. The van der Waals surface area contributed by atoms with Crippen molar-refractivity contribution in [3.63, 3.8) is 0 Å². The Bertz CT molecular complexity index is 1420. The number of halogens is 1. The van der Waals surface area contributed by atoms with Crippen molar-refractivity contribution in [2.75, 3.05) is 5.32 Å². The van der Waals surface area contributed by atoms with Crippen LogP contribution in [-0.2, 0) is 15.0 Å². The van der Waals surface area contributed by atoms with Gasteiger partial charge in [-0.3, -0.25) is 5.32 Å². The first-order valence-electron chi connectivity index (χ1n) is 15.3. The third-order valence-electron chi connectivity index (χ3n) is 7.74. The van der Waals surface area contributed by atoms with E-state index in [1.165, 1.54) is 6.20 Å². The van der Waals surface area contributed by atoms with Gasteiger partial charge < -0.3 is 19.6 Å². The van der Waals surface area contributed by atoms with Crippen molar-refractivity contribution in [1.29, 1.82) is 0 Å². The predicted octanol–water partition coefficient (Wildman–Crippen LogP) is 7.52. The summed E-state index contributed by atoms with van der Waals surface area (Å²) in [7, 11) is -3.25. The minimum atomic E-state index is -3.25. The Labute approximate surface area is 274 Å². The maximum Gasteiger partial charge on any atom is 0.412 e. The zero-order chi connectivity index (χ0) is 33.7. The molecule has 0 saturated heterocycles. The molecule has 3 aromatic rings. The highest BCUT2D eigenvalue weighted by Crippen LogP contribution is 2.43. The molecule has 0 aliphatic rings. The number of rotatable bonds is 10. The van der Waals surface area contributed by atoms with Gasteiger partial charge in [-0.25, -0.2) is 14.6 Å². The summed E-state index contributed by atoms with van der Waals surface area (Å²) in [5, 5.41) is 7.23. The zero-order valence-electron chi connectivity index (χ0n) is 28.0. The van der Waals surface area contributed by atoms with E-state index in [9.17, 15) is 14.4 Å². The van der Waals surface area contributed by atoms with Gasteiger partial charge in [0.25, 0.3) is 8.32 Å². The molecule has 0 spiro atoms. The van der Waals surface area contributed by atoms with E-state index in [1.807, 2.05) is 67.6 Å². The highest BCUT2D eigenvalue weighted by atomic mass is 35.5. The highest BCUT2D eigenvalue weighted by Gasteiger charge is 2.49. The van der Waals surface area contributed by atoms with Crippen LogP contribution in [0.4, 0.5) is 15.3 Å². The standard InChI is InChI=1S/C35H48ClN3O5Si/c1-32(2,3)43-30(40)38-28-27(21-24-37-29(28)36)35(9,39-31(41)44-33(4,5)6)23-16-22-34(7,8)45(42,25-17-12-10-13-18-25)26-19-14-11-15-20-26/h10-15,17-21,24,42H,16,22-23H2,1-9H3,(H,38,40)(H,39,41). The normalized spacial score (nSPS) is 13.8. The van der Waals surface area contributed by atoms with Crippen molar-refractivity contribution in [2.24, 2.45) is 0 Å². The van der Waals surface area contributed by atoms with E-state index >= 15 is 0 Å². The second kappa shape index (κ2) is 13.9. The van der Waals surface area contributed by atoms with Gasteiger partial charge in [-0.1, -0.05) is 92.5 Å². The molecule has 0 bridgehead atoms. The number of benzene rings is 2. The number of amides is 2. The minimum absolute atomic E-state index is 0.0610. The average molecular weight is 654 g/mol. The van der Waals surface area contributed by atoms with Crippen LogP contribution >= 0.6 is 11.6 Å². The van der Waals surface area contributed by atoms with Gasteiger partial charge in [0.05, 0.1) is 11.2 Å². The van der Waals surface area contributed by atoms with Crippen LogP contribution in [0, 0.1) is 0 Å². The third-order valence-corrected chi connectivity index (χ3v) is 12.6. The summed E-state index contributed by atoms with van der Waals surface area (Å²) < 4.78 is 11.1. The van der Waals surface area contributed by atoms with Crippen LogP contribution in [-0.4, -0.2) is 41.5 Å². The topological polar surface area (TPSA) is 110 Å². The zero-order valence-corrected chi connectivity index (χ0v) is 29.7. The Balaban J connectivity index is 2.00. The van der Waals surface area contributed by atoms with E-state index in [-0.39, 0.29) is 10.8 Å². The first kappa shape index (κ1) is 36.1. The molecule has 2 amide bonds. The van der Waals surface area contributed by atoms with Gasteiger partial charge in [-0.05, 0) is 82.8 Å². The van der Waals surface area contributed by atoms with Gasteiger partial charge >= 0.3 is 12.2 Å². The first-order valence-corrected chi connectivity index (χ1v) is 17.6. The van der Waals surface area contributed by atoms with Crippen LogP contribution in [0.25, 0.3) is 0 Å². The second-order valence-corrected chi connectivity index (χ2v) is 18.6. The molecule has 3 N–H and O–H groups in total. The van der Waals surface area contributed by atoms with Crippen molar-refractivity contribution < 1.29 is 23.9 Å². The number of carbonyl (C=O) groups is 2. The van der Waals surface area contributed by atoms with E-state index < -0.39 is 42.3 Å². The minimum Gasteiger partial charge on any atom is -0.444 e. The van der Waals surface area contributed by atoms with E-state index in [0.717, 1.165) is 10.4 Å². The Hall–Kier alpha value is -3.40. The van der Waals surface area contributed by atoms with Crippen LogP contribution in [0.15, 0.2) is 72.9 Å². The molecule has 3 rings (SSSR count). The molecule has 0 aliphatic heterocycles. The summed E-state index contributed by atoms with van der Waals surface area (Å²) in [6.07, 6.45) is 1.92. The van der Waals surface area contributed by atoms with Crippen molar-refractivity contribution in [2.45, 2.75) is 103 Å². The molecular formula is C35H48ClN3O5Si. The monoisotopic (exact) mass is 653 g/mol. The number of alkyl carbamates (subject to hydrolysis) is 1. The molecule has 8 nitrogen and oxygen atoms in total. The van der Waals surface area contributed by atoms with Gasteiger partial charge in [-0.15, -0.1) is 0 Å². The molecule has 1 heterocycles. The lowest BCUT2D eigenvalue weighted by Gasteiger charge is -2.42. The maximum atomic E-state index is 13.2. The van der Waals surface area contributed by atoms with Crippen molar-refractivity contribution in [3.8, 4) is 0 Å². The molecule has 244 valence electrons. The fourth-order valence-corrected chi connectivity index (χ4v) is 9.58. The smallest absolute Gasteiger partial charge is 0.412 e. The fourth-order valence-electron chi connectivity index (χ4n) is 5.59. The van der Waals surface area contributed by atoms with Crippen LogP contribution < -0.4 is 21.0 Å². The van der Waals surface area contributed by atoms with Gasteiger partial charge in [0.15, 0.2) is 5.15 Å². The Kier molecular flexibility index (Phi) is 11.2. The number of anilines is 1. The number of pyridine rings is 1. The van der Waals surface area contributed by atoms with Crippen LogP contribution in [0.1, 0.15) is 87.1 Å². The number of nitrogens with one attached hydrogen (secondary N) is 2. The first-order chi connectivity index (χ1) is 20.8. The molecule has 45 heavy (non-hydrogen) atoms. The van der Waals surface area contributed by atoms with E-state index in [2.05, 4.69) is 29.5 Å². The number of carbonyl (C=O) groups excluding carboxylic acids is 2. The molecular weight excluding hydrogens is 606 g/mol. The average Bonchev–Trinajstić information content (AvgIpc) is 2.92. The van der Waals surface area contributed by atoms with Crippen molar-refractivity contribution >= 4 is 48.2 Å². The number of hydrogen-bond donors (Lipinski definition) is 3. The molecule has 0 fully saturated rings. The Morgan fingerprint density at radius 3 is 1.76 bits per heavy atom. The van der Waals surface area contributed by atoms with Crippen LogP contribution in [0.5, 0.6) is 0 Å². The summed E-state index contributed by atoms with van der Waals surface area (Å²) in [5.41, 5.74) is -1.72. The largest absolute Gasteiger partial charge is 0.444 e. The summed E-state index contributed by atoms with van der Waals surface area (Å²) in [5.74, 6) is 0. The Morgan fingerprint density at radius 2 is 1.27 bits per heavy atom. The van der Waals surface area contributed by atoms with E-state index in [0.29, 0.717) is 24.8 Å². The molecule has 10 heteroatoms. The lowest BCUT2D eigenvalue weighted by molar-refractivity contribution is 0.0454. The van der Waals surface area contributed by atoms with Gasteiger partial charge in [-0.2, -0.15) is 0 Å². The summed E-state index contributed by atoms with van der Waals surface area (Å²) >= 11 is 6.54. The van der Waals surface area contributed by atoms with Gasteiger partial charge in [0.1, 0.15) is 11.2 Å². The third kappa shape index (κ3) is 9.31. The molecule has 0 radical (unpaired) electrons. The van der Waals surface area contributed by atoms with Crippen LogP contribution in [0.3, 0.4) is 0 Å². The summed E-state index contributed by atoms with van der Waals surface area (Å²) in [4.78, 5) is 42.9. The van der Waals surface area contributed by atoms with Crippen molar-refractivity contribution in [1.82, 2.24) is 10.3 Å². The second-order valence-electron chi connectivity index (χ2n) is 14.3. The number of ether oxygens (including phenoxy) is 2. The molecule has 0 aliphatic carbocycles.